The van der Waals surface area contributed by atoms with E-state index in [-0.39, 0.29) is 12.8 Å². The highest BCUT2D eigenvalue weighted by Gasteiger charge is 2.24. The van der Waals surface area contributed by atoms with Gasteiger partial charge in [-0.1, -0.05) is 0 Å². The van der Waals surface area contributed by atoms with E-state index in [0.29, 0.717) is 0 Å². The van der Waals surface area contributed by atoms with E-state index < -0.39 is 24.4 Å². The van der Waals surface area contributed by atoms with Crippen molar-refractivity contribution in [3.63, 3.8) is 0 Å². The summed E-state index contributed by atoms with van der Waals surface area (Å²) in [7, 11) is 0. The number of carboxylic acids is 1. The van der Waals surface area contributed by atoms with Gasteiger partial charge in [0.15, 0.2) is 5.79 Å². The summed E-state index contributed by atoms with van der Waals surface area (Å²) < 4.78 is 0. The van der Waals surface area contributed by atoms with Gasteiger partial charge < -0.3 is 26.2 Å². The molecule has 0 bridgehead atoms. The van der Waals surface area contributed by atoms with Crippen molar-refractivity contribution in [2.45, 2.75) is 24.7 Å². The van der Waals surface area contributed by atoms with E-state index in [0.717, 1.165) is 0 Å². The van der Waals surface area contributed by atoms with Crippen LogP contribution in [-0.2, 0) is 4.79 Å². The minimum atomic E-state index is -2.23. The van der Waals surface area contributed by atoms with Gasteiger partial charge in [0.2, 0.25) is 0 Å². The molecule has 0 fully saturated rings. The molecule has 0 aliphatic rings. The van der Waals surface area contributed by atoms with Crippen LogP contribution in [0.4, 0.5) is 0 Å². The second-order valence-corrected chi connectivity index (χ2v) is 2.62. The van der Waals surface area contributed by atoms with E-state index in [2.05, 4.69) is 0 Å². The van der Waals surface area contributed by atoms with E-state index in [1.54, 1.807) is 0 Å². The number of aliphatic hydroxyl groups excluding tert-OH is 1. The predicted octanol–water partition coefficient (Wildman–Crippen LogP) is -2.15. The quantitative estimate of drug-likeness (QED) is 0.306. The summed E-state index contributed by atoms with van der Waals surface area (Å²) in [4.78, 5) is 10.2. The molecule has 6 N–H and O–H groups in total. The third kappa shape index (κ3) is 4.24. The molecule has 0 radical (unpaired) electrons. The standard InChI is InChI=1S/C6H13NO5/c7-4(5(9)10)1-2-6(11,12)3-8/h4,8,11-12H,1-3,7H2,(H,9,10)/t4-/m1/s1. The highest BCUT2D eigenvalue weighted by molar-refractivity contribution is 5.72. The van der Waals surface area contributed by atoms with E-state index >= 15 is 0 Å². The number of hydrogen-bond acceptors (Lipinski definition) is 5. The zero-order chi connectivity index (χ0) is 9.78. The molecule has 0 aromatic heterocycles. The summed E-state index contributed by atoms with van der Waals surface area (Å²) in [5.41, 5.74) is 5.07. The van der Waals surface area contributed by atoms with Crippen LogP contribution in [0.25, 0.3) is 0 Å². The number of nitrogens with two attached hydrogens (primary N) is 1. The molecule has 6 heteroatoms. The normalized spacial score (nSPS) is 14.3. The molecule has 0 heterocycles. The van der Waals surface area contributed by atoms with Gasteiger partial charge in [-0.05, 0) is 6.42 Å². The topological polar surface area (TPSA) is 124 Å². The van der Waals surface area contributed by atoms with Gasteiger partial charge in [0.25, 0.3) is 0 Å². The van der Waals surface area contributed by atoms with E-state index in [9.17, 15) is 4.79 Å². The summed E-state index contributed by atoms with van der Waals surface area (Å²) >= 11 is 0. The maximum Gasteiger partial charge on any atom is 0.320 e. The van der Waals surface area contributed by atoms with Gasteiger partial charge in [0.05, 0.1) is 6.61 Å². The Kier molecular flexibility index (Phi) is 4.11. The van der Waals surface area contributed by atoms with Crippen molar-refractivity contribution in [3.05, 3.63) is 0 Å². The lowest BCUT2D eigenvalue weighted by atomic mass is 10.1. The first-order chi connectivity index (χ1) is 5.39. The smallest absolute Gasteiger partial charge is 0.320 e. The lowest BCUT2D eigenvalue weighted by Gasteiger charge is -2.19. The fourth-order valence-electron chi connectivity index (χ4n) is 0.589. The van der Waals surface area contributed by atoms with Crippen molar-refractivity contribution in [1.82, 2.24) is 0 Å². The average Bonchev–Trinajstić information content (AvgIpc) is 2.00. The van der Waals surface area contributed by atoms with Gasteiger partial charge in [-0.2, -0.15) is 0 Å². The average molecular weight is 179 g/mol. The fourth-order valence-corrected chi connectivity index (χ4v) is 0.589. The highest BCUT2D eigenvalue weighted by Crippen LogP contribution is 2.08. The van der Waals surface area contributed by atoms with Gasteiger partial charge in [-0.15, -0.1) is 0 Å². The molecule has 0 unspecified atom stereocenters. The molecule has 0 aromatic carbocycles. The molecule has 12 heavy (non-hydrogen) atoms. The summed E-state index contributed by atoms with van der Waals surface area (Å²) in [5, 5.41) is 34.3. The van der Waals surface area contributed by atoms with Crippen molar-refractivity contribution in [2.75, 3.05) is 6.61 Å². The number of rotatable bonds is 5. The number of hydrogen-bond donors (Lipinski definition) is 5. The van der Waals surface area contributed by atoms with E-state index in [4.69, 9.17) is 26.2 Å². The number of carboxylic acid groups (broad SMARTS) is 1. The van der Waals surface area contributed by atoms with Crippen LogP contribution in [0.1, 0.15) is 12.8 Å². The van der Waals surface area contributed by atoms with Crippen LogP contribution in [0.15, 0.2) is 0 Å². The van der Waals surface area contributed by atoms with Crippen molar-refractivity contribution < 1.29 is 25.2 Å². The molecule has 0 aliphatic heterocycles. The van der Waals surface area contributed by atoms with Crippen LogP contribution in [0.5, 0.6) is 0 Å². The Morgan fingerprint density at radius 3 is 2.33 bits per heavy atom. The minimum absolute atomic E-state index is 0.0944. The Hall–Kier alpha value is -0.690. The molecule has 0 aliphatic carbocycles. The van der Waals surface area contributed by atoms with Crippen molar-refractivity contribution >= 4 is 5.97 Å². The fraction of sp³-hybridized carbons (Fsp3) is 0.833. The molecular formula is C6H13NO5. The Labute approximate surface area is 69.2 Å². The predicted molar refractivity (Wildman–Crippen MR) is 39.1 cm³/mol. The van der Waals surface area contributed by atoms with Crippen LogP contribution >= 0.6 is 0 Å². The minimum Gasteiger partial charge on any atom is -0.480 e. The van der Waals surface area contributed by atoms with Gasteiger partial charge in [0.1, 0.15) is 6.04 Å². The van der Waals surface area contributed by atoms with Crippen LogP contribution < -0.4 is 5.73 Å². The van der Waals surface area contributed by atoms with Crippen LogP contribution in [0, 0.1) is 0 Å². The first-order valence-electron chi connectivity index (χ1n) is 3.43. The Bertz CT molecular complexity index is 158. The first-order valence-corrected chi connectivity index (χ1v) is 3.43. The summed E-state index contributed by atoms with van der Waals surface area (Å²) in [6.45, 7) is -0.834. The third-order valence-corrected chi connectivity index (χ3v) is 1.43. The second kappa shape index (κ2) is 4.36. The van der Waals surface area contributed by atoms with E-state index in [1.165, 1.54) is 0 Å². The Morgan fingerprint density at radius 1 is 1.50 bits per heavy atom. The van der Waals surface area contributed by atoms with E-state index in [1.807, 2.05) is 0 Å². The van der Waals surface area contributed by atoms with Gasteiger partial charge >= 0.3 is 5.97 Å². The largest absolute Gasteiger partial charge is 0.480 e. The van der Waals surface area contributed by atoms with Gasteiger partial charge in [-0.3, -0.25) is 4.79 Å². The molecule has 0 spiro atoms. The molecule has 0 aromatic rings. The van der Waals surface area contributed by atoms with Crippen molar-refractivity contribution in [2.24, 2.45) is 5.73 Å². The molecule has 0 saturated carbocycles. The lowest BCUT2D eigenvalue weighted by molar-refractivity contribution is -0.192. The van der Waals surface area contributed by atoms with Gasteiger partial charge in [-0.25, -0.2) is 0 Å². The summed E-state index contributed by atoms with van der Waals surface area (Å²) in [5.74, 6) is -3.43. The molecule has 6 nitrogen and oxygen atoms in total. The number of aliphatic carboxylic acids is 1. The molecule has 72 valence electrons. The van der Waals surface area contributed by atoms with Crippen molar-refractivity contribution in [3.8, 4) is 0 Å². The molecule has 1 atom stereocenters. The molecular weight excluding hydrogens is 166 g/mol. The zero-order valence-electron chi connectivity index (χ0n) is 6.47. The van der Waals surface area contributed by atoms with Crippen LogP contribution in [0.2, 0.25) is 0 Å². The van der Waals surface area contributed by atoms with Crippen LogP contribution in [0.3, 0.4) is 0 Å². The number of aliphatic hydroxyl groups is 3. The Morgan fingerprint density at radius 2 is 2.00 bits per heavy atom. The summed E-state index contributed by atoms with van der Waals surface area (Å²) in [6, 6.07) is -1.13. The van der Waals surface area contributed by atoms with Gasteiger partial charge in [0, 0.05) is 6.42 Å². The zero-order valence-corrected chi connectivity index (χ0v) is 6.47. The molecule has 0 rings (SSSR count). The second-order valence-electron chi connectivity index (χ2n) is 2.62. The van der Waals surface area contributed by atoms with Crippen molar-refractivity contribution in [1.29, 1.82) is 0 Å². The monoisotopic (exact) mass is 179 g/mol. The maximum absolute atomic E-state index is 10.2. The summed E-state index contributed by atoms with van der Waals surface area (Å²) in [6.07, 6.45) is -0.361. The maximum atomic E-state index is 10.2. The lowest BCUT2D eigenvalue weighted by Crippen LogP contribution is -2.37. The van der Waals surface area contributed by atoms with Crippen LogP contribution in [-0.4, -0.2) is 44.8 Å². The Balaban J connectivity index is 3.75. The SMILES string of the molecule is N[C@H](CCC(O)(O)CO)C(=O)O. The third-order valence-electron chi connectivity index (χ3n) is 1.43. The molecule has 0 amide bonds. The number of carbonyl (C=O) groups is 1. The highest BCUT2D eigenvalue weighted by atomic mass is 16.5. The molecule has 0 saturated heterocycles. The first kappa shape index (κ1) is 11.3.